The Kier molecular flexibility index (Phi) is 4.10. The minimum absolute atomic E-state index is 0.0134. The fourth-order valence-corrected chi connectivity index (χ4v) is 4.12. The molecule has 1 spiro atoms. The summed E-state index contributed by atoms with van der Waals surface area (Å²) in [7, 11) is 0. The first-order valence-electron chi connectivity index (χ1n) is 9.40. The minimum Gasteiger partial charge on any atom is -0.444 e. The molecule has 4 rings (SSSR count). The first-order valence-corrected chi connectivity index (χ1v) is 9.40. The van der Waals surface area contributed by atoms with Crippen molar-refractivity contribution in [3.8, 4) is 0 Å². The number of aromatic nitrogens is 1. The van der Waals surface area contributed by atoms with Crippen LogP contribution in [0.5, 0.6) is 0 Å². The molecule has 1 aromatic rings. The van der Waals surface area contributed by atoms with Crippen LogP contribution < -0.4 is 5.32 Å². The van der Waals surface area contributed by atoms with Gasteiger partial charge in [-0.1, -0.05) is 5.16 Å². The lowest BCUT2D eigenvalue weighted by Crippen LogP contribution is -2.41. The van der Waals surface area contributed by atoms with Crippen LogP contribution in [0.3, 0.4) is 0 Å². The number of hydroxylamine groups is 2. The Hall–Kier alpha value is -2.29. The fraction of sp³-hybridized carbons (Fsp3) is 0.722. The molecule has 9 nitrogen and oxygen atoms in total. The molecule has 27 heavy (non-hydrogen) atoms. The monoisotopic (exact) mass is 378 g/mol. The summed E-state index contributed by atoms with van der Waals surface area (Å²) in [5.74, 6) is 0.639. The second-order valence-corrected chi connectivity index (χ2v) is 8.77. The summed E-state index contributed by atoms with van der Waals surface area (Å²) < 4.78 is 10.6. The third-order valence-electron chi connectivity index (χ3n) is 5.64. The number of hydrogen-bond donors (Lipinski definition) is 2. The number of fused-ring (bicyclic) bond motifs is 3. The predicted octanol–water partition coefficient (Wildman–Crippen LogP) is 2.46. The van der Waals surface area contributed by atoms with Gasteiger partial charge in [0.25, 0.3) is 0 Å². The van der Waals surface area contributed by atoms with Crippen LogP contribution in [0.25, 0.3) is 0 Å². The van der Waals surface area contributed by atoms with Gasteiger partial charge in [0.1, 0.15) is 17.1 Å². The van der Waals surface area contributed by atoms with Crippen LogP contribution in [0, 0.1) is 5.41 Å². The van der Waals surface area contributed by atoms with Gasteiger partial charge in [-0.05, 0) is 45.4 Å². The number of rotatable bonds is 4. The lowest BCUT2D eigenvalue weighted by molar-refractivity contribution is -0.0782. The van der Waals surface area contributed by atoms with Gasteiger partial charge in [-0.15, -0.1) is 0 Å². The minimum atomic E-state index is -0.538. The number of hydrogen-bond acceptors (Lipinski definition) is 6. The topological polar surface area (TPSA) is 108 Å². The van der Waals surface area contributed by atoms with Gasteiger partial charge in [0, 0.05) is 25.6 Å². The van der Waals surface area contributed by atoms with Crippen molar-refractivity contribution in [1.82, 2.24) is 20.4 Å². The Morgan fingerprint density at radius 1 is 1.48 bits per heavy atom. The molecule has 9 heteroatoms. The summed E-state index contributed by atoms with van der Waals surface area (Å²) in [6, 6.07) is 1.20. The number of alkyl carbamates (subject to hydrolysis) is 1. The van der Waals surface area contributed by atoms with E-state index in [0.717, 1.165) is 24.3 Å². The molecule has 2 N–H and O–H groups in total. The van der Waals surface area contributed by atoms with Crippen molar-refractivity contribution in [3.05, 3.63) is 17.5 Å². The van der Waals surface area contributed by atoms with Crippen molar-refractivity contribution in [2.45, 2.75) is 64.1 Å². The van der Waals surface area contributed by atoms with Crippen LogP contribution in [0.1, 0.15) is 57.5 Å². The lowest BCUT2D eigenvalue weighted by Gasteiger charge is -2.35. The summed E-state index contributed by atoms with van der Waals surface area (Å²) in [5, 5.41) is 17.8. The van der Waals surface area contributed by atoms with Crippen molar-refractivity contribution in [2.24, 2.45) is 5.41 Å². The van der Waals surface area contributed by atoms with Crippen molar-refractivity contribution >= 4 is 12.1 Å². The molecule has 3 amide bonds. The number of ether oxygens (including phenoxy) is 1. The number of carbonyl (C=O) groups excluding carboxylic acids is 2. The average Bonchev–Trinajstić information content (AvgIpc) is 3.08. The van der Waals surface area contributed by atoms with Crippen molar-refractivity contribution in [3.63, 3.8) is 0 Å². The summed E-state index contributed by atoms with van der Waals surface area (Å²) in [5.41, 5.74) is 0.180. The highest BCUT2D eigenvalue weighted by Crippen LogP contribution is 2.61. The van der Waals surface area contributed by atoms with Crippen LogP contribution in [-0.4, -0.2) is 57.2 Å². The molecule has 3 heterocycles. The van der Waals surface area contributed by atoms with E-state index in [2.05, 4.69) is 10.5 Å². The molecular formula is C18H26N4O5. The number of amides is 3. The highest BCUT2D eigenvalue weighted by molar-refractivity contribution is 5.77. The molecule has 1 aliphatic carbocycles. The molecule has 3 aliphatic rings. The standard InChI is InChI=1S/C18H26N4O5/c1-17(2,3)26-15(23)19-7-4-11-8-12(20-27-11)13-9-18(5-6-18)14-10-21(13)16(24)22(14)25/h8,13-14,25H,4-7,9-10H2,1-3H3,(H,19,23)/t13-,14+/m0/s1. The van der Waals surface area contributed by atoms with E-state index in [4.69, 9.17) is 9.26 Å². The number of urea groups is 1. The Morgan fingerprint density at radius 3 is 2.89 bits per heavy atom. The summed E-state index contributed by atoms with van der Waals surface area (Å²) in [6.07, 6.45) is 2.85. The maximum atomic E-state index is 12.3. The van der Waals surface area contributed by atoms with E-state index in [1.807, 2.05) is 26.8 Å². The molecule has 148 valence electrons. The smallest absolute Gasteiger partial charge is 0.407 e. The summed E-state index contributed by atoms with van der Waals surface area (Å²) in [4.78, 5) is 25.7. The van der Waals surface area contributed by atoms with Gasteiger partial charge in [0.15, 0.2) is 0 Å². The number of carbonyl (C=O) groups is 2. The van der Waals surface area contributed by atoms with Crippen LogP contribution in [0.2, 0.25) is 0 Å². The second kappa shape index (κ2) is 6.12. The highest BCUT2D eigenvalue weighted by Gasteiger charge is 2.63. The maximum absolute atomic E-state index is 12.3. The van der Waals surface area contributed by atoms with E-state index in [1.165, 1.54) is 0 Å². The zero-order chi connectivity index (χ0) is 19.4. The van der Waals surface area contributed by atoms with E-state index < -0.39 is 11.7 Å². The van der Waals surface area contributed by atoms with Gasteiger partial charge in [-0.25, -0.2) is 14.7 Å². The second-order valence-electron chi connectivity index (χ2n) is 8.77. The molecule has 2 aliphatic heterocycles. The van der Waals surface area contributed by atoms with E-state index in [0.29, 0.717) is 31.0 Å². The molecule has 2 bridgehead atoms. The molecular weight excluding hydrogens is 352 g/mol. The van der Waals surface area contributed by atoms with Gasteiger partial charge in [0.2, 0.25) is 0 Å². The first kappa shape index (κ1) is 18.1. The number of nitrogens with one attached hydrogen (secondary N) is 1. The Balaban J connectivity index is 1.37. The van der Waals surface area contributed by atoms with Crippen LogP contribution in [0.15, 0.2) is 10.6 Å². The largest absolute Gasteiger partial charge is 0.444 e. The molecule has 1 saturated carbocycles. The normalized spacial score (nSPS) is 25.9. The molecule has 1 aromatic heterocycles. The van der Waals surface area contributed by atoms with Gasteiger partial charge in [-0.3, -0.25) is 5.21 Å². The zero-order valence-electron chi connectivity index (χ0n) is 15.9. The first-order chi connectivity index (χ1) is 12.7. The highest BCUT2D eigenvalue weighted by atomic mass is 16.6. The Morgan fingerprint density at radius 2 is 2.22 bits per heavy atom. The molecule has 2 saturated heterocycles. The Labute approximate surface area is 157 Å². The van der Waals surface area contributed by atoms with Crippen LogP contribution in [-0.2, 0) is 11.2 Å². The van der Waals surface area contributed by atoms with Crippen LogP contribution in [0.4, 0.5) is 9.59 Å². The van der Waals surface area contributed by atoms with E-state index >= 15 is 0 Å². The van der Waals surface area contributed by atoms with E-state index in [1.54, 1.807) is 4.90 Å². The maximum Gasteiger partial charge on any atom is 0.407 e. The Bertz CT molecular complexity index is 751. The molecule has 0 radical (unpaired) electrons. The lowest BCUT2D eigenvalue weighted by atomic mass is 9.84. The summed E-state index contributed by atoms with van der Waals surface area (Å²) in [6.45, 7) is 6.33. The van der Waals surface area contributed by atoms with Crippen molar-refractivity contribution in [2.75, 3.05) is 13.1 Å². The fourth-order valence-electron chi connectivity index (χ4n) is 4.12. The number of piperidine rings is 1. The average molecular weight is 378 g/mol. The van der Waals surface area contributed by atoms with Crippen molar-refractivity contribution in [1.29, 1.82) is 0 Å². The molecule has 2 atom stereocenters. The SMILES string of the molecule is CC(C)(C)OC(=O)NCCc1cc([C@@H]2CC3(CC3)[C@H]3CN2C(=O)N3O)no1. The predicted molar refractivity (Wildman–Crippen MR) is 93.0 cm³/mol. The third-order valence-corrected chi connectivity index (χ3v) is 5.64. The quantitative estimate of drug-likeness (QED) is 0.779. The van der Waals surface area contributed by atoms with Gasteiger partial charge >= 0.3 is 12.1 Å². The molecule has 3 fully saturated rings. The molecule has 0 aromatic carbocycles. The van der Waals surface area contributed by atoms with E-state index in [9.17, 15) is 14.8 Å². The van der Waals surface area contributed by atoms with E-state index in [-0.39, 0.29) is 23.5 Å². The zero-order valence-corrected chi connectivity index (χ0v) is 15.9. The van der Waals surface area contributed by atoms with Gasteiger partial charge in [0.05, 0.1) is 12.1 Å². The molecule has 0 unspecified atom stereocenters. The van der Waals surface area contributed by atoms with Crippen molar-refractivity contribution < 1.29 is 24.1 Å². The summed E-state index contributed by atoms with van der Waals surface area (Å²) >= 11 is 0. The van der Waals surface area contributed by atoms with Gasteiger partial charge in [-0.2, -0.15) is 0 Å². The number of nitrogens with zero attached hydrogens (tertiary/aromatic N) is 3. The van der Waals surface area contributed by atoms with Gasteiger partial charge < -0.3 is 19.5 Å². The third kappa shape index (κ3) is 3.36. The van der Waals surface area contributed by atoms with Crippen LogP contribution >= 0.6 is 0 Å².